The largest absolute Gasteiger partial charge is 0.389 e. The summed E-state index contributed by atoms with van der Waals surface area (Å²) >= 11 is 0. The van der Waals surface area contributed by atoms with E-state index in [9.17, 15) is 9.90 Å². The maximum atomic E-state index is 12.2. The van der Waals surface area contributed by atoms with Gasteiger partial charge in [-0.2, -0.15) is 0 Å². The van der Waals surface area contributed by atoms with E-state index in [1.165, 1.54) is 4.90 Å². The van der Waals surface area contributed by atoms with Crippen molar-refractivity contribution in [2.75, 3.05) is 13.6 Å². The summed E-state index contributed by atoms with van der Waals surface area (Å²) in [6.07, 6.45) is 1.85. The SMILES string of the molecule is CN(CC(C)(C)O)C(=O)c1ccc2cc[nH]c2c1. The first-order chi connectivity index (χ1) is 8.37. The molecule has 18 heavy (non-hydrogen) atoms. The fraction of sp³-hybridized carbons (Fsp3) is 0.357. The van der Waals surface area contributed by atoms with Crippen LogP contribution >= 0.6 is 0 Å². The van der Waals surface area contributed by atoms with Crippen molar-refractivity contribution in [2.24, 2.45) is 0 Å². The van der Waals surface area contributed by atoms with E-state index in [0.717, 1.165) is 10.9 Å². The maximum Gasteiger partial charge on any atom is 0.253 e. The summed E-state index contributed by atoms with van der Waals surface area (Å²) in [7, 11) is 1.69. The summed E-state index contributed by atoms with van der Waals surface area (Å²) in [6, 6.07) is 7.51. The summed E-state index contributed by atoms with van der Waals surface area (Å²) in [5, 5.41) is 10.8. The number of carbonyl (C=O) groups excluding carboxylic acids is 1. The Morgan fingerprint density at radius 2 is 2.11 bits per heavy atom. The van der Waals surface area contributed by atoms with Crippen LogP contribution in [0.1, 0.15) is 24.2 Å². The number of likely N-dealkylation sites (N-methyl/N-ethyl adjacent to an activating group) is 1. The Labute approximate surface area is 106 Å². The minimum Gasteiger partial charge on any atom is -0.389 e. The molecule has 1 heterocycles. The van der Waals surface area contributed by atoms with Gasteiger partial charge in [-0.15, -0.1) is 0 Å². The van der Waals surface area contributed by atoms with Crippen LogP contribution < -0.4 is 0 Å². The lowest BCUT2D eigenvalue weighted by Gasteiger charge is -2.25. The van der Waals surface area contributed by atoms with Crippen LogP contribution in [0.15, 0.2) is 30.5 Å². The van der Waals surface area contributed by atoms with Gasteiger partial charge in [0, 0.05) is 30.9 Å². The van der Waals surface area contributed by atoms with Gasteiger partial charge < -0.3 is 15.0 Å². The molecule has 0 saturated heterocycles. The molecule has 4 nitrogen and oxygen atoms in total. The number of aromatic nitrogens is 1. The Bertz CT molecular complexity index is 566. The molecule has 0 atom stereocenters. The van der Waals surface area contributed by atoms with Crippen LogP contribution in [0.5, 0.6) is 0 Å². The number of H-pyrrole nitrogens is 1. The van der Waals surface area contributed by atoms with Gasteiger partial charge in [0.1, 0.15) is 0 Å². The van der Waals surface area contributed by atoms with Gasteiger partial charge in [-0.25, -0.2) is 0 Å². The predicted octanol–water partition coefficient (Wildman–Crippen LogP) is 2.01. The third-order valence-corrected chi connectivity index (χ3v) is 2.77. The monoisotopic (exact) mass is 246 g/mol. The highest BCUT2D eigenvalue weighted by Crippen LogP contribution is 2.16. The van der Waals surface area contributed by atoms with E-state index in [2.05, 4.69) is 4.98 Å². The summed E-state index contributed by atoms with van der Waals surface area (Å²) in [5.41, 5.74) is 0.676. The molecule has 1 aromatic carbocycles. The molecule has 96 valence electrons. The highest BCUT2D eigenvalue weighted by atomic mass is 16.3. The second kappa shape index (κ2) is 4.46. The number of aromatic amines is 1. The van der Waals surface area contributed by atoms with E-state index in [-0.39, 0.29) is 5.91 Å². The molecule has 0 radical (unpaired) electrons. The molecule has 0 bridgehead atoms. The summed E-state index contributed by atoms with van der Waals surface area (Å²) in [6.45, 7) is 3.67. The first-order valence-electron chi connectivity index (χ1n) is 5.92. The van der Waals surface area contributed by atoms with E-state index in [0.29, 0.717) is 12.1 Å². The number of aliphatic hydroxyl groups is 1. The molecule has 2 aromatic rings. The lowest BCUT2D eigenvalue weighted by atomic mass is 10.1. The first kappa shape index (κ1) is 12.6. The van der Waals surface area contributed by atoms with Crippen LogP contribution in [0.2, 0.25) is 0 Å². The number of rotatable bonds is 3. The number of amides is 1. The van der Waals surface area contributed by atoms with E-state index in [1.54, 1.807) is 27.0 Å². The first-order valence-corrected chi connectivity index (χ1v) is 5.92. The molecule has 1 amide bonds. The topological polar surface area (TPSA) is 56.3 Å². The van der Waals surface area contributed by atoms with Crippen molar-refractivity contribution in [1.29, 1.82) is 0 Å². The molecule has 0 saturated carbocycles. The average molecular weight is 246 g/mol. The molecule has 1 aromatic heterocycles. The van der Waals surface area contributed by atoms with Crippen molar-refractivity contribution >= 4 is 16.8 Å². The number of fused-ring (bicyclic) bond motifs is 1. The van der Waals surface area contributed by atoms with Crippen molar-refractivity contribution in [2.45, 2.75) is 19.4 Å². The number of carbonyl (C=O) groups is 1. The minimum absolute atomic E-state index is 0.0892. The van der Waals surface area contributed by atoms with Crippen LogP contribution in [0.3, 0.4) is 0 Å². The molecule has 2 rings (SSSR count). The average Bonchev–Trinajstić information content (AvgIpc) is 2.72. The van der Waals surface area contributed by atoms with Gasteiger partial charge in [0.2, 0.25) is 0 Å². The zero-order valence-electron chi connectivity index (χ0n) is 10.9. The number of benzene rings is 1. The Hall–Kier alpha value is -1.81. The number of nitrogens with one attached hydrogen (secondary N) is 1. The molecule has 4 heteroatoms. The third kappa shape index (κ3) is 2.71. The Morgan fingerprint density at radius 3 is 2.78 bits per heavy atom. The molecule has 0 fully saturated rings. The second-order valence-electron chi connectivity index (χ2n) is 5.25. The van der Waals surface area contributed by atoms with Crippen LogP contribution in [0.4, 0.5) is 0 Å². The zero-order chi connectivity index (χ0) is 13.3. The molecule has 0 aliphatic rings. The fourth-order valence-electron chi connectivity index (χ4n) is 2.05. The summed E-state index contributed by atoms with van der Waals surface area (Å²) in [4.78, 5) is 16.8. The molecular formula is C14H18N2O2. The van der Waals surface area contributed by atoms with Gasteiger partial charge in [-0.05, 0) is 37.4 Å². The maximum absolute atomic E-state index is 12.2. The van der Waals surface area contributed by atoms with Crippen molar-refractivity contribution < 1.29 is 9.90 Å². The van der Waals surface area contributed by atoms with Crippen LogP contribution in [-0.4, -0.2) is 40.1 Å². The number of hydrogen-bond donors (Lipinski definition) is 2. The van der Waals surface area contributed by atoms with E-state index in [4.69, 9.17) is 0 Å². The lowest BCUT2D eigenvalue weighted by Crippen LogP contribution is -2.39. The van der Waals surface area contributed by atoms with Gasteiger partial charge in [0.15, 0.2) is 0 Å². The normalized spacial score (nSPS) is 11.8. The highest BCUT2D eigenvalue weighted by molar-refractivity contribution is 5.97. The Morgan fingerprint density at radius 1 is 1.39 bits per heavy atom. The zero-order valence-corrected chi connectivity index (χ0v) is 10.9. The van der Waals surface area contributed by atoms with Gasteiger partial charge >= 0.3 is 0 Å². The lowest BCUT2D eigenvalue weighted by molar-refractivity contribution is 0.0368. The van der Waals surface area contributed by atoms with E-state index < -0.39 is 5.60 Å². The Balaban J connectivity index is 2.22. The quantitative estimate of drug-likeness (QED) is 0.870. The summed E-state index contributed by atoms with van der Waals surface area (Å²) < 4.78 is 0. The van der Waals surface area contributed by atoms with Crippen molar-refractivity contribution in [1.82, 2.24) is 9.88 Å². The van der Waals surface area contributed by atoms with E-state index in [1.807, 2.05) is 24.4 Å². The van der Waals surface area contributed by atoms with Crippen LogP contribution in [-0.2, 0) is 0 Å². The van der Waals surface area contributed by atoms with Crippen molar-refractivity contribution in [3.05, 3.63) is 36.0 Å². The second-order valence-corrected chi connectivity index (χ2v) is 5.25. The van der Waals surface area contributed by atoms with Crippen molar-refractivity contribution in [3.63, 3.8) is 0 Å². The van der Waals surface area contributed by atoms with Crippen molar-refractivity contribution in [3.8, 4) is 0 Å². The van der Waals surface area contributed by atoms with Gasteiger partial charge in [-0.3, -0.25) is 4.79 Å². The molecule has 2 N–H and O–H groups in total. The smallest absolute Gasteiger partial charge is 0.253 e. The molecular weight excluding hydrogens is 228 g/mol. The standard InChI is InChI=1S/C14H18N2O2/c1-14(2,18)9-16(3)13(17)11-5-4-10-6-7-15-12(10)8-11/h4-8,15,18H,9H2,1-3H3. The minimum atomic E-state index is -0.888. The molecule has 0 spiro atoms. The predicted molar refractivity (Wildman–Crippen MR) is 71.6 cm³/mol. The Kier molecular flexibility index (Phi) is 3.13. The third-order valence-electron chi connectivity index (χ3n) is 2.77. The van der Waals surface area contributed by atoms with Crippen LogP contribution in [0, 0.1) is 0 Å². The fourth-order valence-corrected chi connectivity index (χ4v) is 2.05. The van der Waals surface area contributed by atoms with Crippen LogP contribution in [0.25, 0.3) is 10.9 Å². The van der Waals surface area contributed by atoms with E-state index >= 15 is 0 Å². The summed E-state index contributed by atoms with van der Waals surface area (Å²) in [5.74, 6) is -0.0892. The highest BCUT2D eigenvalue weighted by Gasteiger charge is 2.20. The molecule has 0 aliphatic heterocycles. The van der Waals surface area contributed by atoms with Gasteiger partial charge in [-0.1, -0.05) is 6.07 Å². The molecule has 0 aliphatic carbocycles. The number of nitrogens with zero attached hydrogens (tertiary/aromatic N) is 1. The molecule has 0 unspecified atom stereocenters. The number of hydrogen-bond acceptors (Lipinski definition) is 2. The van der Waals surface area contributed by atoms with Gasteiger partial charge in [0.05, 0.1) is 5.60 Å². The van der Waals surface area contributed by atoms with Gasteiger partial charge in [0.25, 0.3) is 5.91 Å².